The molecule has 0 radical (unpaired) electrons. The molecule has 0 amide bonds. The van der Waals surface area contributed by atoms with Crippen molar-refractivity contribution in [2.45, 2.75) is 31.8 Å². The van der Waals surface area contributed by atoms with Crippen LogP contribution in [0.25, 0.3) is 0 Å². The van der Waals surface area contributed by atoms with Crippen LogP contribution in [0, 0.1) is 5.41 Å². The van der Waals surface area contributed by atoms with Crippen molar-refractivity contribution in [3.8, 4) is 11.5 Å². The molecule has 0 saturated heterocycles. The Balaban J connectivity index is 2.02. The molecule has 1 aliphatic rings. The van der Waals surface area contributed by atoms with Crippen molar-refractivity contribution in [3.63, 3.8) is 0 Å². The SMILES string of the molecule is CC(C)(C)CNC[C@H]1COc2ccc(S(C)(=O)=O)cc2O1. The highest BCUT2D eigenvalue weighted by Gasteiger charge is 2.23. The van der Waals surface area contributed by atoms with Gasteiger partial charge in [-0.1, -0.05) is 20.8 Å². The van der Waals surface area contributed by atoms with Crippen LogP contribution in [0.2, 0.25) is 0 Å². The zero-order valence-electron chi connectivity index (χ0n) is 13.0. The topological polar surface area (TPSA) is 64.6 Å². The fourth-order valence-corrected chi connectivity index (χ4v) is 2.67. The van der Waals surface area contributed by atoms with Crippen molar-refractivity contribution in [2.75, 3.05) is 26.0 Å². The number of nitrogens with one attached hydrogen (secondary N) is 1. The van der Waals surface area contributed by atoms with Gasteiger partial charge in [-0.25, -0.2) is 8.42 Å². The molecule has 1 aromatic rings. The quantitative estimate of drug-likeness (QED) is 0.919. The summed E-state index contributed by atoms with van der Waals surface area (Å²) in [6, 6.07) is 4.71. The largest absolute Gasteiger partial charge is 0.486 e. The summed E-state index contributed by atoms with van der Waals surface area (Å²) in [7, 11) is -3.24. The first kappa shape index (κ1) is 16.1. The van der Waals surface area contributed by atoms with E-state index >= 15 is 0 Å². The minimum Gasteiger partial charge on any atom is -0.486 e. The van der Waals surface area contributed by atoms with Gasteiger partial charge in [-0.15, -0.1) is 0 Å². The van der Waals surface area contributed by atoms with Crippen LogP contribution in [0.5, 0.6) is 11.5 Å². The van der Waals surface area contributed by atoms with Crippen LogP contribution in [0.1, 0.15) is 20.8 Å². The normalized spacial score (nSPS) is 18.6. The third-order valence-corrected chi connectivity index (χ3v) is 4.20. The molecule has 118 valence electrons. The molecule has 0 spiro atoms. The minimum atomic E-state index is -3.24. The number of hydrogen-bond acceptors (Lipinski definition) is 5. The molecule has 1 aliphatic heterocycles. The van der Waals surface area contributed by atoms with Gasteiger partial charge in [0.15, 0.2) is 21.3 Å². The molecule has 0 aliphatic carbocycles. The summed E-state index contributed by atoms with van der Waals surface area (Å²) in [6.07, 6.45) is 1.07. The number of hydrogen-bond donors (Lipinski definition) is 1. The zero-order chi connectivity index (χ0) is 15.7. The van der Waals surface area contributed by atoms with Gasteiger partial charge in [0.1, 0.15) is 12.7 Å². The lowest BCUT2D eigenvalue weighted by Crippen LogP contribution is -2.41. The molecular formula is C15H23NO4S. The van der Waals surface area contributed by atoms with Crippen LogP contribution in [0.15, 0.2) is 23.1 Å². The van der Waals surface area contributed by atoms with Crippen molar-refractivity contribution in [2.24, 2.45) is 5.41 Å². The maximum Gasteiger partial charge on any atom is 0.175 e. The van der Waals surface area contributed by atoms with Gasteiger partial charge >= 0.3 is 0 Å². The van der Waals surface area contributed by atoms with Crippen LogP contribution in [0.3, 0.4) is 0 Å². The number of benzene rings is 1. The predicted molar refractivity (Wildman–Crippen MR) is 81.8 cm³/mol. The van der Waals surface area contributed by atoms with Crippen molar-refractivity contribution in [3.05, 3.63) is 18.2 Å². The monoisotopic (exact) mass is 313 g/mol. The van der Waals surface area contributed by atoms with Gasteiger partial charge < -0.3 is 14.8 Å². The zero-order valence-corrected chi connectivity index (χ0v) is 13.8. The van der Waals surface area contributed by atoms with E-state index in [4.69, 9.17) is 9.47 Å². The van der Waals surface area contributed by atoms with Crippen molar-refractivity contribution >= 4 is 9.84 Å². The van der Waals surface area contributed by atoms with Gasteiger partial charge in [0.25, 0.3) is 0 Å². The summed E-state index contributed by atoms with van der Waals surface area (Å²) in [4.78, 5) is 0.244. The molecular weight excluding hydrogens is 290 g/mol. The van der Waals surface area contributed by atoms with Gasteiger partial charge in [-0.2, -0.15) is 0 Å². The van der Waals surface area contributed by atoms with Gasteiger partial charge in [-0.05, 0) is 17.5 Å². The molecule has 5 nitrogen and oxygen atoms in total. The van der Waals surface area contributed by atoms with Gasteiger partial charge in [-0.3, -0.25) is 0 Å². The van der Waals surface area contributed by atoms with Crippen LogP contribution >= 0.6 is 0 Å². The molecule has 6 heteroatoms. The van der Waals surface area contributed by atoms with E-state index in [0.717, 1.165) is 6.54 Å². The number of ether oxygens (including phenoxy) is 2. The molecule has 0 bridgehead atoms. The first-order valence-electron chi connectivity index (χ1n) is 6.99. The lowest BCUT2D eigenvalue weighted by molar-refractivity contribution is 0.0883. The average Bonchev–Trinajstić information content (AvgIpc) is 2.35. The number of rotatable bonds is 4. The maximum atomic E-state index is 11.6. The molecule has 0 saturated carbocycles. The Morgan fingerprint density at radius 2 is 2.00 bits per heavy atom. The van der Waals surface area contributed by atoms with Gasteiger partial charge in [0.2, 0.25) is 0 Å². The second-order valence-electron chi connectivity index (χ2n) is 6.62. The van der Waals surface area contributed by atoms with Gasteiger partial charge in [0.05, 0.1) is 4.90 Å². The van der Waals surface area contributed by atoms with E-state index in [1.54, 1.807) is 6.07 Å². The molecule has 0 fully saturated rings. The van der Waals surface area contributed by atoms with Crippen LogP contribution in [-0.2, 0) is 9.84 Å². The van der Waals surface area contributed by atoms with Crippen molar-refractivity contribution < 1.29 is 17.9 Å². The average molecular weight is 313 g/mol. The van der Waals surface area contributed by atoms with E-state index in [2.05, 4.69) is 26.1 Å². The molecule has 0 aromatic heterocycles. The maximum absolute atomic E-state index is 11.6. The van der Waals surface area contributed by atoms with E-state index < -0.39 is 9.84 Å². The summed E-state index contributed by atoms with van der Waals surface area (Å²) in [6.45, 7) is 8.48. The summed E-state index contributed by atoms with van der Waals surface area (Å²) >= 11 is 0. The smallest absolute Gasteiger partial charge is 0.175 e. The molecule has 0 unspecified atom stereocenters. The highest BCUT2D eigenvalue weighted by molar-refractivity contribution is 7.90. The Morgan fingerprint density at radius 3 is 2.62 bits per heavy atom. The number of sulfone groups is 1. The summed E-state index contributed by atoms with van der Waals surface area (Å²) in [5, 5.41) is 3.35. The molecule has 1 N–H and O–H groups in total. The Labute approximate surface area is 126 Å². The fourth-order valence-electron chi connectivity index (χ4n) is 2.04. The number of fused-ring (bicyclic) bond motifs is 1. The van der Waals surface area contributed by atoms with Crippen molar-refractivity contribution in [1.82, 2.24) is 5.32 Å². The first-order chi connectivity index (χ1) is 9.65. The Bertz CT molecular complexity index is 605. The van der Waals surface area contributed by atoms with Crippen LogP contribution in [0.4, 0.5) is 0 Å². The van der Waals surface area contributed by atoms with Gasteiger partial charge in [0, 0.05) is 25.4 Å². The fraction of sp³-hybridized carbons (Fsp3) is 0.600. The van der Waals surface area contributed by atoms with E-state index in [-0.39, 0.29) is 16.4 Å². The Hall–Kier alpha value is -1.27. The molecule has 2 rings (SSSR count). The van der Waals surface area contributed by atoms with E-state index in [1.165, 1.54) is 18.4 Å². The first-order valence-corrected chi connectivity index (χ1v) is 8.88. The molecule has 1 aromatic carbocycles. The van der Waals surface area contributed by atoms with E-state index in [0.29, 0.717) is 24.7 Å². The summed E-state index contributed by atoms with van der Waals surface area (Å²) < 4.78 is 34.6. The highest BCUT2D eigenvalue weighted by atomic mass is 32.2. The third kappa shape index (κ3) is 4.61. The molecule has 1 atom stereocenters. The van der Waals surface area contributed by atoms with Crippen LogP contribution in [-0.4, -0.2) is 40.5 Å². The Kier molecular flexibility index (Phi) is 4.49. The second-order valence-corrected chi connectivity index (χ2v) is 8.64. The second kappa shape index (κ2) is 5.85. The summed E-state index contributed by atoms with van der Waals surface area (Å²) in [5.74, 6) is 1.08. The third-order valence-electron chi connectivity index (χ3n) is 3.09. The molecule has 1 heterocycles. The summed E-state index contributed by atoms with van der Waals surface area (Å²) in [5.41, 5.74) is 0.205. The lowest BCUT2D eigenvalue weighted by Gasteiger charge is -2.28. The van der Waals surface area contributed by atoms with E-state index in [9.17, 15) is 8.42 Å². The predicted octanol–water partition coefficient (Wildman–Crippen LogP) is 1.87. The lowest BCUT2D eigenvalue weighted by atomic mass is 9.97. The minimum absolute atomic E-state index is 0.116. The van der Waals surface area contributed by atoms with Crippen molar-refractivity contribution in [1.29, 1.82) is 0 Å². The van der Waals surface area contributed by atoms with E-state index in [1.807, 2.05) is 0 Å². The molecule has 21 heavy (non-hydrogen) atoms. The standard InChI is InChI=1S/C15H23NO4S/c1-15(2,3)10-16-8-11-9-19-13-6-5-12(21(4,17)18)7-14(13)20-11/h5-7,11,16H,8-10H2,1-4H3/t11-/m0/s1. The Morgan fingerprint density at radius 1 is 1.29 bits per heavy atom. The van der Waals surface area contributed by atoms with Crippen LogP contribution < -0.4 is 14.8 Å². The highest BCUT2D eigenvalue weighted by Crippen LogP contribution is 2.33.